The Morgan fingerprint density at radius 3 is 2.56 bits per heavy atom. The van der Waals surface area contributed by atoms with Gasteiger partial charge in [0.05, 0.1) is 19.3 Å². The molecule has 1 N–H and O–H groups in total. The minimum absolute atomic E-state index is 0. The lowest BCUT2D eigenvalue weighted by Crippen LogP contribution is -3.11. The first-order valence-corrected chi connectivity index (χ1v) is 6.39. The van der Waals surface area contributed by atoms with Crippen LogP contribution in [0.3, 0.4) is 0 Å². The molecule has 0 amide bonds. The number of hydrogen-bond donors (Lipinski definition) is 1. The molecule has 5 heteroatoms. The topological polar surface area (TPSA) is 26.0 Å². The van der Waals surface area contributed by atoms with E-state index in [4.69, 9.17) is 16.4 Å². The molecule has 0 bridgehead atoms. The van der Waals surface area contributed by atoms with Gasteiger partial charge in [-0.1, -0.05) is 35.0 Å². The molecular formula is C13H20Cl2N2O. The molecule has 0 heterocycles. The second kappa shape index (κ2) is 10.2. The van der Waals surface area contributed by atoms with Gasteiger partial charge in [-0.05, 0) is 19.9 Å². The van der Waals surface area contributed by atoms with Gasteiger partial charge in [-0.15, -0.1) is 0 Å². The minimum Gasteiger partial charge on any atom is -1.00 e. The van der Waals surface area contributed by atoms with Crippen molar-refractivity contribution in [3.8, 4) is 0 Å². The zero-order valence-corrected chi connectivity index (χ0v) is 12.3. The monoisotopic (exact) mass is 290 g/mol. The smallest absolute Gasteiger partial charge is 0.165 e. The molecule has 0 unspecified atom stereocenters. The summed E-state index contributed by atoms with van der Waals surface area (Å²) in [7, 11) is 0. The fraction of sp³-hybridized carbons (Fsp3) is 0.462. The van der Waals surface area contributed by atoms with E-state index in [1.165, 1.54) is 4.90 Å². The highest BCUT2D eigenvalue weighted by Gasteiger charge is 2.01. The number of oxime groups is 1. The maximum absolute atomic E-state index is 5.98. The van der Waals surface area contributed by atoms with Crippen LogP contribution in [0, 0.1) is 0 Å². The van der Waals surface area contributed by atoms with Crippen molar-refractivity contribution in [1.29, 1.82) is 0 Å². The van der Waals surface area contributed by atoms with Crippen LogP contribution in [0.1, 0.15) is 19.4 Å². The van der Waals surface area contributed by atoms with Gasteiger partial charge < -0.3 is 22.1 Å². The van der Waals surface area contributed by atoms with E-state index >= 15 is 0 Å². The maximum Gasteiger partial charge on any atom is 0.165 e. The molecule has 0 radical (unpaired) electrons. The Balaban J connectivity index is 0.00000289. The lowest BCUT2D eigenvalue weighted by atomic mass is 10.2. The van der Waals surface area contributed by atoms with Crippen molar-refractivity contribution >= 4 is 17.8 Å². The zero-order chi connectivity index (χ0) is 12.5. The zero-order valence-electron chi connectivity index (χ0n) is 10.8. The van der Waals surface area contributed by atoms with E-state index in [1.807, 2.05) is 24.3 Å². The summed E-state index contributed by atoms with van der Waals surface area (Å²) in [5.41, 5.74) is 0.879. The van der Waals surface area contributed by atoms with Crippen LogP contribution in [-0.2, 0) is 4.84 Å². The number of nitrogens with zero attached hydrogens (tertiary/aromatic N) is 1. The van der Waals surface area contributed by atoms with Gasteiger partial charge in [0.15, 0.2) is 6.61 Å². The number of benzene rings is 1. The van der Waals surface area contributed by atoms with E-state index in [-0.39, 0.29) is 12.4 Å². The van der Waals surface area contributed by atoms with E-state index in [2.05, 4.69) is 19.0 Å². The average Bonchev–Trinajstić information content (AvgIpc) is 2.36. The SMILES string of the molecule is CC[NH+](CC)CCO/N=C/c1ccccc1Cl.[Cl-]. The van der Waals surface area contributed by atoms with Gasteiger partial charge in [0.25, 0.3) is 0 Å². The van der Waals surface area contributed by atoms with Crippen molar-refractivity contribution in [2.75, 3.05) is 26.2 Å². The summed E-state index contributed by atoms with van der Waals surface area (Å²) >= 11 is 5.98. The summed E-state index contributed by atoms with van der Waals surface area (Å²) in [4.78, 5) is 6.73. The minimum atomic E-state index is 0. The summed E-state index contributed by atoms with van der Waals surface area (Å²) in [6.07, 6.45) is 1.65. The Hall–Kier alpha value is -0.770. The summed E-state index contributed by atoms with van der Waals surface area (Å²) in [6, 6.07) is 7.56. The van der Waals surface area contributed by atoms with E-state index < -0.39 is 0 Å². The van der Waals surface area contributed by atoms with Crippen molar-refractivity contribution < 1.29 is 22.1 Å². The molecule has 0 aliphatic carbocycles. The molecule has 0 aliphatic heterocycles. The highest BCUT2D eigenvalue weighted by Crippen LogP contribution is 2.12. The van der Waals surface area contributed by atoms with Gasteiger partial charge in [0.2, 0.25) is 0 Å². The molecule has 18 heavy (non-hydrogen) atoms. The van der Waals surface area contributed by atoms with Gasteiger partial charge in [-0.3, -0.25) is 0 Å². The number of likely N-dealkylation sites (N-methyl/N-ethyl adjacent to an activating group) is 1. The van der Waals surface area contributed by atoms with E-state index in [0.717, 1.165) is 25.2 Å². The number of quaternary nitrogens is 1. The van der Waals surface area contributed by atoms with Crippen LogP contribution in [0.15, 0.2) is 29.4 Å². The van der Waals surface area contributed by atoms with Crippen LogP contribution in [0.4, 0.5) is 0 Å². The van der Waals surface area contributed by atoms with Crippen molar-refractivity contribution in [1.82, 2.24) is 0 Å². The van der Waals surface area contributed by atoms with Crippen molar-refractivity contribution in [2.45, 2.75) is 13.8 Å². The average molecular weight is 291 g/mol. The standard InChI is InChI=1S/C13H19ClN2O.ClH/c1-3-16(4-2)9-10-17-15-11-12-7-5-6-8-13(12)14;/h5-8,11H,3-4,9-10H2,1-2H3;1H/b15-11+;. The molecular weight excluding hydrogens is 271 g/mol. The molecule has 0 atom stereocenters. The number of hydrogen-bond acceptors (Lipinski definition) is 2. The van der Waals surface area contributed by atoms with Crippen LogP contribution in [0.25, 0.3) is 0 Å². The van der Waals surface area contributed by atoms with E-state index in [0.29, 0.717) is 11.6 Å². The lowest BCUT2D eigenvalue weighted by Gasteiger charge is -2.13. The Morgan fingerprint density at radius 2 is 1.94 bits per heavy atom. The van der Waals surface area contributed by atoms with Crippen LogP contribution >= 0.6 is 11.6 Å². The molecule has 102 valence electrons. The largest absolute Gasteiger partial charge is 1.00 e. The Kier molecular flexibility index (Phi) is 9.74. The van der Waals surface area contributed by atoms with Crippen molar-refractivity contribution in [3.05, 3.63) is 34.9 Å². The van der Waals surface area contributed by atoms with Crippen LogP contribution < -0.4 is 17.3 Å². The van der Waals surface area contributed by atoms with Gasteiger partial charge in [0, 0.05) is 10.6 Å². The van der Waals surface area contributed by atoms with Crippen molar-refractivity contribution in [2.24, 2.45) is 5.16 Å². The number of rotatable bonds is 7. The van der Waals surface area contributed by atoms with Gasteiger partial charge in [-0.2, -0.15) is 0 Å². The Labute approximate surface area is 120 Å². The summed E-state index contributed by atoms with van der Waals surface area (Å²) < 4.78 is 0. The summed E-state index contributed by atoms with van der Waals surface area (Å²) in [6.45, 7) is 8.20. The highest BCUT2D eigenvalue weighted by atomic mass is 35.5. The molecule has 3 nitrogen and oxygen atoms in total. The molecule has 0 aliphatic rings. The van der Waals surface area contributed by atoms with Gasteiger partial charge in [0.1, 0.15) is 6.54 Å². The third kappa shape index (κ3) is 6.24. The van der Waals surface area contributed by atoms with E-state index in [1.54, 1.807) is 6.21 Å². The molecule has 0 aromatic heterocycles. The first-order valence-electron chi connectivity index (χ1n) is 6.01. The second-order valence-corrected chi connectivity index (χ2v) is 4.20. The maximum atomic E-state index is 5.98. The fourth-order valence-corrected chi connectivity index (χ4v) is 1.70. The third-order valence-corrected chi connectivity index (χ3v) is 3.06. The van der Waals surface area contributed by atoms with Gasteiger partial charge in [-0.25, -0.2) is 0 Å². The normalized spacial score (nSPS) is 10.7. The second-order valence-electron chi connectivity index (χ2n) is 3.80. The number of nitrogens with one attached hydrogen (secondary N) is 1. The molecule has 1 aromatic carbocycles. The van der Waals surface area contributed by atoms with Crippen molar-refractivity contribution in [3.63, 3.8) is 0 Å². The predicted octanol–water partition coefficient (Wildman–Crippen LogP) is -1.38. The quantitative estimate of drug-likeness (QED) is 0.374. The molecule has 0 spiro atoms. The Morgan fingerprint density at radius 1 is 1.28 bits per heavy atom. The molecule has 0 saturated carbocycles. The Bertz CT molecular complexity index is 355. The molecule has 0 fully saturated rings. The van der Waals surface area contributed by atoms with Crippen LogP contribution in [0.5, 0.6) is 0 Å². The van der Waals surface area contributed by atoms with E-state index in [9.17, 15) is 0 Å². The predicted molar refractivity (Wildman–Crippen MR) is 71.9 cm³/mol. The summed E-state index contributed by atoms with van der Waals surface area (Å²) in [5.74, 6) is 0. The lowest BCUT2D eigenvalue weighted by molar-refractivity contribution is -0.896. The van der Waals surface area contributed by atoms with Crippen LogP contribution in [0.2, 0.25) is 5.02 Å². The number of halogens is 2. The molecule has 1 rings (SSSR count). The summed E-state index contributed by atoms with van der Waals surface area (Å²) in [5, 5.41) is 4.61. The third-order valence-electron chi connectivity index (χ3n) is 2.72. The highest BCUT2D eigenvalue weighted by molar-refractivity contribution is 6.33. The fourth-order valence-electron chi connectivity index (χ4n) is 1.52. The van der Waals surface area contributed by atoms with Crippen LogP contribution in [-0.4, -0.2) is 32.5 Å². The molecule has 0 saturated heterocycles. The first-order chi connectivity index (χ1) is 8.27. The first kappa shape index (κ1) is 17.2. The van der Waals surface area contributed by atoms with Gasteiger partial charge >= 0.3 is 0 Å². The molecule has 1 aromatic rings.